The highest BCUT2D eigenvalue weighted by molar-refractivity contribution is 8.17. The zero-order valence-corrected chi connectivity index (χ0v) is 30.7. The second kappa shape index (κ2) is 14.2. The lowest BCUT2D eigenvalue weighted by Gasteiger charge is -2.51. The van der Waals surface area contributed by atoms with E-state index in [4.69, 9.17) is 16.3 Å². The number of fused-ring (bicyclic) bond motifs is 3. The van der Waals surface area contributed by atoms with Crippen molar-refractivity contribution in [2.75, 3.05) is 41.9 Å². The van der Waals surface area contributed by atoms with Crippen LogP contribution < -0.4 is 14.4 Å². The molecule has 2 aromatic carbocycles. The van der Waals surface area contributed by atoms with Crippen LogP contribution in [-0.2, 0) is 21.9 Å². The zero-order chi connectivity index (χ0) is 33.4. The Morgan fingerprint density at radius 3 is 2.68 bits per heavy atom. The molecule has 2 heterocycles. The maximum atomic E-state index is 13.2. The molecule has 1 spiro atoms. The number of carbonyl (C=O) groups is 1. The fourth-order valence-corrected chi connectivity index (χ4v) is 11.7. The molecular formula is C36H47ClN2O5S3. The molecule has 1 saturated carbocycles. The number of sulfonamides is 1. The number of halogens is 1. The number of carbonyl (C=O) groups excluding carboxylic acids is 1. The lowest BCUT2D eigenvalue weighted by atomic mass is 9.64. The largest absolute Gasteiger partial charge is 0.490 e. The molecular weight excluding hydrogens is 672 g/mol. The van der Waals surface area contributed by atoms with Gasteiger partial charge in [0, 0.05) is 29.1 Å². The highest BCUT2D eigenvalue weighted by Crippen LogP contribution is 2.52. The van der Waals surface area contributed by atoms with Gasteiger partial charge in [0.1, 0.15) is 11.4 Å². The molecule has 256 valence electrons. The van der Waals surface area contributed by atoms with Crippen LogP contribution in [0.5, 0.6) is 5.75 Å². The van der Waals surface area contributed by atoms with Crippen LogP contribution >= 0.6 is 35.1 Å². The van der Waals surface area contributed by atoms with Crippen LogP contribution in [0, 0.1) is 17.8 Å². The molecule has 2 aliphatic heterocycles. The maximum Gasteiger partial charge on any atom is 0.264 e. The smallest absolute Gasteiger partial charge is 0.264 e. The summed E-state index contributed by atoms with van der Waals surface area (Å²) in [7, 11) is -3.72. The van der Waals surface area contributed by atoms with E-state index in [1.165, 1.54) is 24.5 Å². The summed E-state index contributed by atoms with van der Waals surface area (Å²) in [6.07, 6.45) is 10.3. The summed E-state index contributed by atoms with van der Waals surface area (Å²) in [5, 5.41) is 13.2. The van der Waals surface area contributed by atoms with Crippen molar-refractivity contribution < 1.29 is 23.1 Å². The molecule has 4 atom stereocenters. The lowest BCUT2D eigenvalue weighted by Crippen LogP contribution is -2.55. The minimum Gasteiger partial charge on any atom is -0.490 e. The van der Waals surface area contributed by atoms with Crippen molar-refractivity contribution in [2.45, 2.75) is 74.9 Å². The summed E-state index contributed by atoms with van der Waals surface area (Å²) in [5.74, 6) is 2.66. The molecule has 0 bridgehead atoms. The number of hydrogen-bond donors (Lipinski definition) is 2. The first-order chi connectivity index (χ1) is 22.4. The Kier molecular flexibility index (Phi) is 10.6. The van der Waals surface area contributed by atoms with E-state index in [0.717, 1.165) is 54.3 Å². The Labute approximate surface area is 293 Å². The second-order valence-electron chi connectivity index (χ2n) is 14.0. The van der Waals surface area contributed by atoms with Crippen molar-refractivity contribution >= 4 is 56.7 Å². The predicted molar refractivity (Wildman–Crippen MR) is 196 cm³/mol. The summed E-state index contributed by atoms with van der Waals surface area (Å²) in [4.78, 5) is 15.5. The molecule has 0 aromatic heterocycles. The standard InChI is InChI=1S/C36H47ClN2O5S3/c1-4-47(42,43)38-33(40)26-9-13-32-31(20-26)39(22-35(23-44-32)15-5-7-25-19-28(37)10-12-29(25)35)21-27-8-11-30(27)36(41,16-14-24(2)3)34-45-17-6-18-46-34/h9-10,12-14,16,19-20,24,27,30,34,41H,4-8,11,15,17-18,21-23H2,1-3H3,(H,38,40)/b16-14+/t27-,30+,35-,36-/m0/s1. The first kappa shape index (κ1) is 35.0. The van der Waals surface area contributed by atoms with E-state index < -0.39 is 21.5 Å². The molecule has 47 heavy (non-hydrogen) atoms. The van der Waals surface area contributed by atoms with Gasteiger partial charge in [0.2, 0.25) is 10.0 Å². The van der Waals surface area contributed by atoms with E-state index in [0.29, 0.717) is 31.4 Å². The maximum absolute atomic E-state index is 13.2. The predicted octanol–water partition coefficient (Wildman–Crippen LogP) is 7.06. The Morgan fingerprint density at radius 2 is 1.98 bits per heavy atom. The third-order valence-electron chi connectivity index (χ3n) is 10.3. The van der Waals surface area contributed by atoms with E-state index in [1.54, 1.807) is 18.2 Å². The SMILES string of the molecule is CCS(=O)(=O)NC(=O)c1ccc2c(c1)N(C[C@@H]1CC[C@H]1[C@@](O)(/C=C/C(C)C)C1SCCCS1)C[C@@]1(CCCc3cc(Cl)ccc31)CO2. The molecule has 2 aliphatic carbocycles. The van der Waals surface area contributed by atoms with Gasteiger partial charge in [-0.15, -0.1) is 23.5 Å². The monoisotopic (exact) mass is 718 g/mol. The van der Waals surface area contributed by atoms with Gasteiger partial charge in [-0.3, -0.25) is 4.79 Å². The average Bonchev–Trinajstić information content (AvgIpc) is 3.19. The zero-order valence-electron chi connectivity index (χ0n) is 27.5. The summed E-state index contributed by atoms with van der Waals surface area (Å²) >= 11 is 10.2. The van der Waals surface area contributed by atoms with Gasteiger partial charge in [0.05, 0.1) is 22.6 Å². The number of hydrogen-bond acceptors (Lipinski definition) is 8. The number of anilines is 1. The van der Waals surface area contributed by atoms with E-state index in [1.807, 2.05) is 29.6 Å². The number of amides is 1. The highest BCUT2D eigenvalue weighted by atomic mass is 35.5. The van der Waals surface area contributed by atoms with Crippen LogP contribution in [0.2, 0.25) is 5.02 Å². The molecule has 2 aromatic rings. The number of nitrogens with zero attached hydrogens (tertiary/aromatic N) is 1. The van der Waals surface area contributed by atoms with Gasteiger partial charge in [-0.25, -0.2) is 13.1 Å². The first-order valence-corrected chi connectivity index (χ1v) is 21.1. The third kappa shape index (κ3) is 7.37. The molecule has 6 rings (SSSR count). The van der Waals surface area contributed by atoms with Crippen LogP contribution in [0.3, 0.4) is 0 Å². The van der Waals surface area contributed by atoms with E-state index in [9.17, 15) is 18.3 Å². The van der Waals surface area contributed by atoms with Crippen molar-refractivity contribution in [3.63, 3.8) is 0 Å². The molecule has 7 nitrogen and oxygen atoms in total. The number of aryl methyl sites for hydroxylation is 1. The van der Waals surface area contributed by atoms with Crippen molar-refractivity contribution in [1.29, 1.82) is 0 Å². The Morgan fingerprint density at radius 1 is 1.19 bits per heavy atom. The quantitative estimate of drug-likeness (QED) is 0.266. The van der Waals surface area contributed by atoms with Gasteiger partial charge < -0.3 is 14.7 Å². The molecule has 1 amide bonds. The molecule has 1 saturated heterocycles. The second-order valence-corrected chi connectivity index (χ2v) is 19.2. The Hall–Kier alpha value is -1.85. The van der Waals surface area contributed by atoms with Crippen molar-refractivity contribution in [2.24, 2.45) is 17.8 Å². The number of ether oxygens (including phenoxy) is 1. The van der Waals surface area contributed by atoms with Crippen LogP contribution in [-0.4, -0.2) is 66.6 Å². The van der Waals surface area contributed by atoms with Crippen molar-refractivity contribution in [3.8, 4) is 5.75 Å². The number of rotatable bonds is 9. The third-order valence-corrected chi connectivity index (χ3v) is 15.1. The van der Waals surface area contributed by atoms with E-state index >= 15 is 0 Å². The number of allylic oxidation sites excluding steroid dienone is 1. The van der Waals surface area contributed by atoms with Gasteiger partial charge in [-0.1, -0.05) is 43.7 Å². The first-order valence-electron chi connectivity index (χ1n) is 16.9. The van der Waals surface area contributed by atoms with Crippen molar-refractivity contribution in [1.82, 2.24) is 4.72 Å². The van der Waals surface area contributed by atoms with Crippen molar-refractivity contribution in [3.05, 3.63) is 70.3 Å². The minimum atomic E-state index is -3.72. The van der Waals surface area contributed by atoms with Crippen LogP contribution in [0.25, 0.3) is 0 Å². The highest BCUT2D eigenvalue weighted by Gasteiger charge is 2.51. The van der Waals surface area contributed by atoms with Crippen LogP contribution in [0.4, 0.5) is 5.69 Å². The summed E-state index contributed by atoms with van der Waals surface area (Å²) in [6, 6.07) is 11.4. The van der Waals surface area contributed by atoms with Crippen LogP contribution in [0.15, 0.2) is 48.6 Å². The topological polar surface area (TPSA) is 95.9 Å². The summed E-state index contributed by atoms with van der Waals surface area (Å²) in [5.41, 5.74) is 2.37. The lowest BCUT2D eigenvalue weighted by molar-refractivity contribution is -0.0334. The van der Waals surface area contributed by atoms with Gasteiger partial charge in [-0.05, 0) is 116 Å². The van der Waals surface area contributed by atoms with E-state index in [2.05, 4.69) is 47.8 Å². The van der Waals surface area contributed by atoms with Gasteiger partial charge >= 0.3 is 0 Å². The van der Waals surface area contributed by atoms with Gasteiger partial charge in [0.15, 0.2) is 0 Å². The average molecular weight is 719 g/mol. The molecule has 0 unspecified atom stereocenters. The normalized spacial score (nSPS) is 26.2. The fourth-order valence-electron chi connectivity index (χ4n) is 7.69. The molecule has 2 fully saturated rings. The molecule has 4 aliphatic rings. The number of aliphatic hydroxyl groups is 1. The fraction of sp³-hybridized carbons (Fsp3) is 0.583. The van der Waals surface area contributed by atoms with E-state index in [-0.39, 0.29) is 33.1 Å². The Balaban J connectivity index is 1.37. The van der Waals surface area contributed by atoms with Gasteiger partial charge in [0.25, 0.3) is 5.91 Å². The number of thioether (sulfide) groups is 2. The van der Waals surface area contributed by atoms with Gasteiger partial charge in [-0.2, -0.15) is 0 Å². The van der Waals surface area contributed by atoms with Crippen LogP contribution in [0.1, 0.15) is 74.4 Å². The summed E-state index contributed by atoms with van der Waals surface area (Å²) in [6.45, 7) is 7.68. The number of nitrogens with one attached hydrogen (secondary N) is 1. The minimum absolute atomic E-state index is 0.0935. The molecule has 0 radical (unpaired) electrons. The Bertz CT molecular complexity index is 1610. The molecule has 2 N–H and O–H groups in total. The molecule has 11 heteroatoms. The summed E-state index contributed by atoms with van der Waals surface area (Å²) < 4.78 is 33.5. The number of benzene rings is 2.